The summed E-state index contributed by atoms with van der Waals surface area (Å²) >= 11 is 8.26. The van der Waals surface area contributed by atoms with E-state index in [4.69, 9.17) is 19.2 Å². The monoisotopic (exact) mass is 285 g/mol. The molecule has 0 bridgehead atoms. The smallest absolute Gasteiger partial charge is 0.822 e. The van der Waals surface area contributed by atoms with Crippen molar-refractivity contribution >= 4 is 37.0 Å². The van der Waals surface area contributed by atoms with Crippen molar-refractivity contribution in [2.24, 2.45) is 5.73 Å². The molecule has 9 heteroatoms. The van der Waals surface area contributed by atoms with Crippen molar-refractivity contribution in [1.29, 1.82) is 0 Å². The first-order valence-corrected chi connectivity index (χ1v) is 3.70. The number of nitrogens with two attached hydrogens (primary N) is 1. The van der Waals surface area contributed by atoms with Crippen LogP contribution in [0.15, 0.2) is 0 Å². The van der Waals surface area contributed by atoms with Crippen molar-refractivity contribution < 1.29 is 40.3 Å². The molecule has 10 heavy (non-hydrogen) atoms. The van der Waals surface area contributed by atoms with Gasteiger partial charge in [-0.05, 0) is 0 Å². The van der Waals surface area contributed by atoms with Crippen molar-refractivity contribution in [2.75, 3.05) is 0 Å². The van der Waals surface area contributed by atoms with E-state index >= 15 is 0 Å². The molecule has 2 N–H and O–H groups in total. The van der Waals surface area contributed by atoms with E-state index in [0.717, 1.165) is 0 Å². The van der Waals surface area contributed by atoms with Gasteiger partial charge in [-0.1, -0.05) is 4.32 Å². The first-order chi connectivity index (χ1) is 3.73. The molecule has 0 aliphatic rings. The van der Waals surface area contributed by atoms with Gasteiger partial charge in [0.05, 0.1) is 0 Å². The summed E-state index contributed by atoms with van der Waals surface area (Å²) in [6.45, 7) is 0. The van der Waals surface area contributed by atoms with Crippen LogP contribution in [0.25, 0.3) is 0 Å². The number of thiocarbonyl (C=S) groups is 1. The molecule has 0 aliphatic carbocycles. The van der Waals surface area contributed by atoms with Crippen LogP contribution in [-0.4, -0.2) is 4.32 Å². The molecule has 58 valence electrons. The zero-order valence-corrected chi connectivity index (χ0v) is 8.92. The standard InChI is InChI=1S/CH3NS2.Mo.H3O4P/c2-1(3)4;;1-5(2,3)4/h(H3,2,3,4);;(H3,1,2,3,4)/q;+4;/p-4. The van der Waals surface area contributed by atoms with Crippen molar-refractivity contribution in [3.05, 3.63) is 0 Å². The first-order valence-electron chi connectivity index (χ1n) is 1.43. The van der Waals surface area contributed by atoms with E-state index in [0.29, 0.717) is 0 Å². The third-order valence-corrected chi connectivity index (χ3v) is 0. The first kappa shape index (κ1) is 17.1. The van der Waals surface area contributed by atoms with Crippen LogP contribution in [0.2, 0.25) is 0 Å². The zero-order chi connectivity index (χ0) is 8.08. The Hall–Kier alpha value is 0.908. The minimum absolute atomic E-state index is 0. The Morgan fingerprint density at radius 2 is 1.50 bits per heavy atom. The minimum Gasteiger partial charge on any atom is -0.822 e. The van der Waals surface area contributed by atoms with Gasteiger partial charge >= 0.3 is 21.1 Å². The van der Waals surface area contributed by atoms with Gasteiger partial charge in [-0.15, -0.1) is 0 Å². The molecular weight excluding hydrogens is 281 g/mol. The second kappa shape index (κ2) is 8.01. The van der Waals surface area contributed by atoms with E-state index in [9.17, 15) is 0 Å². The van der Waals surface area contributed by atoms with Gasteiger partial charge in [-0.3, -0.25) is 0 Å². The Labute approximate surface area is 82.9 Å². The molecule has 0 aromatic rings. The molecule has 0 spiro atoms. The van der Waals surface area contributed by atoms with E-state index in [2.05, 4.69) is 30.6 Å². The van der Waals surface area contributed by atoms with Crippen LogP contribution in [0.3, 0.4) is 0 Å². The molecule has 5 nitrogen and oxygen atoms in total. The van der Waals surface area contributed by atoms with Gasteiger partial charge in [0.1, 0.15) is 0 Å². The van der Waals surface area contributed by atoms with Crippen LogP contribution in [0.5, 0.6) is 0 Å². The van der Waals surface area contributed by atoms with Gasteiger partial charge in [-0.25, -0.2) is 0 Å². The van der Waals surface area contributed by atoms with E-state index < -0.39 is 7.82 Å². The summed E-state index contributed by atoms with van der Waals surface area (Å²) in [6, 6.07) is 0. The molecule has 0 radical (unpaired) electrons. The Kier molecular flexibility index (Phi) is 13.7. The summed E-state index contributed by atoms with van der Waals surface area (Å²) in [7, 11) is -5.39. The molecule has 0 aromatic carbocycles. The quantitative estimate of drug-likeness (QED) is 0.217. The number of hydrogen-bond donors (Lipinski definition) is 1. The fourth-order valence-corrected chi connectivity index (χ4v) is 0. The topological polar surface area (TPSA) is 112 Å². The molecule has 0 atom stereocenters. The van der Waals surface area contributed by atoms with Gasteiger partial charge in [0.15, 0.2) is 0 Å². The van der Waals surface area contributed by atoms with Crippen molar-refractivity contribution in [2.45, 2.75) is 0 Å². The molecule has 0 amide bonds. The Balaban J connectivity index is -0.0000000910. The van der Waals surface area contributed by atoms with Crippen molar-refractivity contribution in [3.63, 3.8) is 0 Å². The van der Waals surface area contributed by atoms with Crippen LogP contribution < -0.4 is 20.4 Å². The largest absolute Gasteiger partial charge is 4.00 e. The third-order valence-electron chi connectivity index (χ3n) is 0. The van der Waals surface area contributed by atoms with Gasteiger partial charge < -0.3 is 49.8 Å². The van der Waals surface area contributed by atoms with Crippen LogP contribution in [0.1, 0.15) is 0 Å². The fraction of sp³-hybridized carbons (Fsp3) is 0. The second-order valence-corrected chi connectivity index (χ2v) is 2.80. The maximum atomic E-state index is 8.55. The van der Waals surface area contributed by atoms with Crippen LogP contribution in [-0.2, 0) is 38.3 Å². The molecule has 0 rings (SSSR count). The van der Waals surface area contributed by atoms with E-state index in [1.165, 1.54) is 0 Å². The Bertz CT molecular complexity index is 123. The summed E-state index contributed by atoms with van der Waals surface area (Å²) < 4.78 is 8.63. The average Bonchev–Trinajstić information content (AvgIpc) is 1.19. The van der Waals surface area contributed by atoms with Gasteiger partial charge in [-0.2, -0.15) is 7.82 Å². The van der Waals surface area contributed by atoms with E-state index in [-0.39, 0.29) is 25.4 Å². The summed E-state index contributed by atoms with van der Waals surface area (Å²) in [4.78, 5) is 25.6. The SMILES string of the molecule is NC(=S)[S-].O=P([O-])([O-])[O-].[Mo+4]. The number of rotatable bonds is 0. The Morgan fingerprint density at radius 3 is 1.50 bits per heavy atom. The third kappa shape index (κ3) is 675. The van der Waals surface area contributed by atoms with Crippen LogP contribution in [0, 0.1) is 0 Å². The van der Waals surface area contributed by atoms with Crippen LogP contribution in [0.4, 0.5) is 0 Å². The molecule has 0 heterocycles. The predicted octanol–water partition coefficient (Wildman–Crippen LogP) is -3.05. The number of hydrogen-bond acceptors (Lipinski definition) is 6. The van der Waals surface area contributed by atoms with Gasteiger partial charge in [0.2, 0.25) is 0 Å². The van der Waals surface area contributed by atoms with Crippen LogP contribution >= 0.6 is 20.0 Å². The molecule has 0 unspecified atom stereocenters. The molecule has 0 aromatic heterocycles. The number of phosphoric acid groups is 1. The second-order valence-electron chi connectivity index (χ2n) is 0.766. The molecule has 0 aliphatic heterocycles. The molecule has 0 saturated carbocycles. The summed E-state index contributed by atoms with van der Waals surface area (Å²) in [5.74, 6) is 0. The molecule has 0 saturated heterocycles. The maximum Gasteiger partial charge on any atom is 4.00 e. The van der Waals surface area contributed by atoms with Crippen molar-refractivity contribution in [1.82, 2.24) is 0 Å². The summed E-state index contributed by atoms with van der Waals surface area (Å²) in [6.07, 6.45) is 0. The molecule has 0 fully saturated rings. The average molecular weight is 283 g/mol. The normalized spacial score (nSPS) is 8.30. The maximum absolute atomic E-state index is 8.55. The zero-order valence-electron chi connectivity index (χ0n) is 4.38. The van der Waals surface area contributed by atoms with E-state index in [1.54, 1.807) is 0 Å². The minimum atomic E-state index is -5.39. The van der Waals surface area contributed by atoms with Gasteiger partial charge in [0.25, 0.3) is 0 Å². The Morgan fingerprint density at radius 1 is 1.50 bits per heavy atom. The van der Waals surface area contributed by atoms with Crippen molar-refractivity contribution in [3.8, 4) is 0 Å². The predicted molar refractivity (Wildman–Crippen MR) is 31.8 cm³/mol. The van der Waals surface area contributed by atoms with Gasteiger partial charge in [0, 0.05) is 0 Å². The van der Waals surface area contributed by atoms with E-state index in [1.807, 2.05) is 0 Å². The summed E-state index contributed by atoms with van der Waals surface area (Å²) in [5, 5.41) is 0. The molecular formula is CH2MoNO4PS2. The fourth-order valence-electron chi connectivity index (χ4n) is 0. The summed E-state index contributed by atoms with van der Waals surface area (Å²) in [5.41, 5.74) is 4.66.